The van der Waals surface area contributed by atoms with E-state index < -0.39 is 10.0 Å². The maximum Gasteiger partial charge on any atom is 0.243 e. The molecule has 1 saturated heterocycles. The normalized spacial score (nSPS) is 15.1. The predicted molar refractivity (Wildman–Crippen MR) is 97.3 cm³/mol. The standard InChI is InChI=1S/C18H21N3O4S/c22-16-4-3-11-19-18(16)20-17(23)10-7-14-5-8-15(9-6-14)26(24,25)21-12-1-2-13-21/h3-6,8-9,11,22H,1-2,7,10,12-13H2,(H,19,20,23). The molecule has 0 saturated carbocycles. The van der Waals surface area contributed by atoms with Crippen LogP contribution in [0.1, 0.15) is 24.8 Å². The highest BCUT2D eigenvalue weighted by molar-refractivity contribution is 7.89. The minimum absolute atomic E-state index is 0.0858. The highest BCUT2D eigenvalue weighted by Crippen LogP contribution is 2.22. The number of anilines is 1. The van der Waals surface area contributed by atoms with Gasteiger partial charge >= 0.3 is 0 Å². The van der Waals surface area contributed by atoms with Crippen LogP contribution >= 0.6 is 0 Å². The van der Waals surface area contributed by atoms with E-state index in [1.807, 2.05) is 0 Å². The molecule has 0 radical (unpaired) electrons. The summed E-state index contributed by atoms with van der Waals surface area (Å²) in [7, 11) is -3.41. The van der Waals surface area contributed by atoms with Crippen LogP contribution < -0.4 is 5.32 Å². The third kappa shape index (κ3) is 4.20. The molecule has 26 heavy (non-hydrogen) atoms. The smallest absolute Gasteiger partial charge is 0.243 e. The molecule has 0 aliphatic carbocycles. The Bertz CT molecular complexity index is 876. The molecule has 138 valence electrons. The fraction of sp³-hybridized carbons (Fsp3) is 0.333. The maximum atomic E-state index is 12.5. The number of benzene rings is 1. The Labute approximate surface area is 152 Å². The van der Waals surface area contributed by atoms with Gasteiger partial charge in [0, 0.05) is 25.7 Å². The number of nitrogens with zero attached hydrogens (tertiary/aromatic N) is 2. The Morgan fingerprint density at radius 2 is 1.85 bits per heavy atom. The number of sulfonamides is 1. The van der Waals surface area contributed by atoms with Crippen LogP contribution in [0.25, 0.3) is 0 Å². The predicted octanol–water partition coefficient (Wildman–Crippen LogP) is 2.14. The second-order valence-corrected chi connectivity index (χ2v) is 8.11. The summed E-state index contributed by atoms with van der Waals surface area (Å²) in [6.45, 7) is 1.15. The first kappa shape index (κ1) is 18.3. The zero-order valence-electron chi connectivity index (χ0n) is 14.3. The van der Waals surface area contributed by atoms with E-state index in [1.165, 1.54) is 16.6 Å². The van der Waals surface area contributed by atoms with E-state index in [2.05, 4.69) is 10.3 Å². The monoisotopic (exact) mass is 375 g/mol. The number of aromatic nitrogens is 1. The third-order valence-electron chi connectivity index (χ3n) is 4.31. The molecule has 1 aromatic heterocycles. The van der Waals surface area contributed by atoms with Gasteiger partial charge in [-0.1, -0.05) is 12.1 Å². The van der Waals surface area contributed by atoms with Gasteiger partial charge in [-0.25, -0.2) is 13.4 Å². The second-order valence-electron chi connectivity index (χ2n) is 6.17. The summed E-state index contributed by atoms with van der Waals surface area (Å²) in [5.41, 5.74) is 0.866. The molecule has 3 rings (SSSR count). The van der Waals surface area contributed by atoms with E-state index in [9.17, 15) is 18.3 Å². The number of hydrogen-bond donors (Lipinski definition) is 2. The average Bonchev–Trinajstić information content (AvgIpc) is 3.18. The maximum absolute atomic E-state index is 12.5. The lowest BCUT2D eigenvalue weighted by Gasteiger charge is -2.15. The number of rotatable bonds is 6. The second kappa shape index (κ2) is 7.84. The molecule has 1 aliphatic heterocycles. The molecule has 1 amide bonds. The number of nitrogens with one attached hydrogen (secondary N) is 1. The lowest BCUT2D eigenvalue weighted by molar-refractivity contribution is -0.116. The lowest BCUT2D eigenvalue weighted by atomic mass is 10.1. The van der Waals surface area contributed by atoms with Crippen molar-refractivity contribution >= 4 is 21.7 Å². The van der Waals surface area contributed by atoms with E-state index in [0.717, 1.165) is 18.4 Å². The number of hydrogen-bond acceptors (Lipinski definition) is 5. The summed E-state index contributed by atoms with van der Waals surface area (Å²) in [5.74, 6) is -0.227. The van der Waals surface area contributed by atoms with Crippen molar-refractivity contribution in [3.63, 3.8) is 0 Å². The molecular weight excluding hydrogens is 354 g/mol. The number of aromatic hydroxyl groups is 1. The van der Waals surface area contributed by atoms with Crippen LogP contribution in [0.15, 0.2) is 47.5 Å². The number of aryl methyl sites for hydroxylation is 1. The zero-order valence-corrected chi connectivity index (χ0v) is 15.1. The first-order chi connectivity index (χ1) is 12.5. The first-order valence-electron chi connectivity index (χ1n) is 8.50. The summed E-state index contributed by atoms with van der Waals surface area (Å²) in [5, 5.41) is 12.2. The van der Waals surface area contributed by atoms with Crippen molar-refractivity contribution in [1.29, 1.82) is 0 Å². The van der Waals surface area contributed by atoms with Crippen LogP contribution in [-0.2, 0) is 21.2 Å². The highest BCUT2D eigenvalue weighted by Gasteiger charge is 2.26. The van der Waals surface area contributed by atoms with E-state index in [1.54, 1.807) is 30.3 Å². The Hall–Kier alpha value is -2.45. The molecule has 2 heterocycles. The summed E-state index contributed by atoms with van der Waals surface area (Å²) < 4.78 is 26.5. The molecular formula is C18H21N3O4S. The van der Waals surface area contributed by atoms with Gasteiger partial charge in [0.25, 0.3) is 0 Å². The van der Waals surface area contributed by atoms with Crippen molar-refractivity contribution in [2.75, 3.05) is 18.4 Å². The molecule has 8 heteroatoms. The van der Waals surface area contributed by atoms with Crippen molar-refractivity contribution in [3.8, 4) is 5.75 Å². The van der Waals surface area contributed by atoms with Crippen molar-refractivity contribution in [1.82, 2.24) is 9.29 Å². The van der Waals surface area contributed by atoms with Gasteiger partial charge in [-0.2, -0.15) is 4.31 Å². The van der Waals surface area contributed by atoms with Gasteiger partial charge < -0.3 is 10.4 Å². The van der Waals surface area contributed by atoms with Crippen LogP contribution in [0.4, 0.5) is 5.82 Å². The minimum atomic E-state index is -3.41. The van der Waals surface area contributed by atoms with E-state index in [0.29, 0.717) is 19.5 Å². The average molecular weight is 375 g/mol. The van der Waals surface area contributed by atoms with Gasteiger partial charge in [0.05, 0.1) is 4.90 Å². The molecule has 1 fully saturated rings. The molecule has 0 unspecified atom stereocenters. The van der Waals surface area contributed by atoms with Gasteiger partial charge in [0.1, 0.15) is 0 Å². The molecule has 0 spiro atoms. The first-order valence-corrected chi connectivity index (χ1v) is 9.94. The molecule has 1 aromatic carbocycles. The Morgan fingerprint density at radius 3 is 2.50 bits per heavy atom. The Balaban J connectivity index is 1.57. The van der Waals surface area contributed by atoms with E-state index >= 15 is 0 Å². The minimum Gasteiger partial charge on any atom is -0.504 e. The topological polar surface area (TPSA) is 99.6 Å². The van der Waals surface area contributed by atoms with E-state index in [4.69, 9.17) is 0 Å². The fourth-order valence-corrected chi connectivity index (χ4v) is 4.37. The highest BCUT2D eigenvalue weighted by atomic mass is 32.2. The van der Waals surface area contributed by atoms with Crippen LogP contribution in [0.2, 0.25) is 0 Å². The molecule has 0 atom stereocenters. The van der Waals surface area contributed by atoms with Crippen LogP contribution in [-0.4, -0.2) is 41.8 Å². The van der Waals surface area contributed by atoms with Crippen molar-refractivity contribution in [3.05, 3.63) is 48.2 Å². The quantitative estimate of drug-likeness (QED) is 0.806. The van der Waals surface area contributed by atoms with Crippen LogP contribution in [0.3, 0.4) is 0 Å². The van der Waals surface area contributed by atoms with Crippen molar-refractivity contribution < 1.29 is 18.3 Å². The molecule has 2 aromatic rings. The largest absolute Gasteiger partial charge is 0.504 e. The van der Waals surface area contributed by atoms with E-state index in [-0.39, 0.29) is 28.8 Å². The molecule has 1 aliphatic rings. The fourth-order valence-electron chi connectivity index (χ4n) is 2.85. The number of carbonyl (C=O) groups excluding carboxylic acids is 1. The number of pyridine rings is 1. The van der Waals surface area contributed by atoms with Crippen LogP contribution in [0.5, 0.6) is 5.75 Å². The van der Waals surface area contributed by atoms with Gasteiger partial charge in [0.15, 0.2) is 11.6 Å². The third-order valence-corrected chi connectivity index (χ3v) is 6.22. The summed E-state index contributed by atoms with van der Waals surface area (Å²) >= 11 is 0. The van der Waals surface area contributed by atoms with Gasteiger partial charge in [-0.3, -0.25) is 4.79 Å². The summed E-state index contributed by atoms with van der Waals surface area (Å²) in [6.07, 6.45) is 3.95. The summed E-state index contributed by atoms with van der Waals surface area (Å²) in [6, 6.07) is 9.66. The van der Waals surface area contributed by atoms with Crippen LogP contribution in [0, 0.1) is 0 Å². The lowest BCUT2D eigenvalue weighted by Crippen LogP contribution is -2.27. The molecule has 7 nitrogen and oxygen atoms in total. The van der Waals surface area contributed by atoms with Crippen molar-refractivity contribution in [2.24, 2.45) is 0 Å². The van der Waals surface area contributed by atoms with Gasteiger partial charge in [-0.15, -0.1) is 0 Å². The van der Waals surface area contributed by atoms with Gasteiger partial charge in [-0.05, 0) is 49.1 Å². The number of carbonyl (C=O) groups is 1. The zero-order chi connectivity index (χ0) is 18.6. The number of amides is 1. The SMILES string of the molecule is O=C(CCc1ccc(S(=O)(=O)N2CCCC2)cc1)Nc1ncccc1O. The molecule has 0 bridgehead atoms. The van der Waals surface area contributed by atoms with Crippen molar-refractivity contribution in [2.45, 2.75) is 30.6 Å². The Morgan fingerprint density at radius 1 is 1.15 bits per heavy atom. The summed E-state index contributed by atoms with van der Waals surface area (Å²) in [4.78, 5) is 16.2. The molecule has 2 N–H and O–H groups in total. The van der Waals surface area contributed by atoms with Gasteiger partial charge in [0.2, 0.25) is 15.9 Å². The Kier molecular flexibility index (Phi) is 5.53.